The van der Waals surface area contributed by atoms with Gasteiger partial charge in [-0.15, -0.1) is 0 Å². The third-order valence-corrected chi connectivity index (χ3v) is 2.50. The van der Waals surface area contributed by atoms with E-state index in [4.69, 9.17) is 20.4 Å². The molecule has 0 saturated heterocycles. The average molecular weight is 262 g/mol. The maximum atomic E-state index is 5.85. The van der Waals surface area contributed by atoms with Crippen molar-refractivity contribution in [3.63, 3.8) is 0 Å². The molecule has 0 unspecified atom stereocenters. The summed E-state index contributed by atoms with van der Waals surface area (Å²) in [5.74, 6) is 0. The molecule has 5 nitrogen and oxygen atoms in total. The van der Waals surface area contributed by atoms with E-state index < -0.39 is 0 Å². The van der Waals surface area contributed by atoms with Gasteiger partial charge < -0.3 is 8.83 Å². The van der Waals surface area contributed by atoms with Gasteiger partial charge in [0.05, 0.1) is 18.7 Å². The van der Waals surface area contributed by atoms with Crippen molar-refractivity contribution in [2.45, 2.75) is 0 Å². The summed E-state index contributed by atoms with van der Waals surface area (Å²) in [6.45, 7) is 0. The lowest BCUT2D eigenvalue weighted by atomic mass is 10.3. The van der Waals surface area contributed by atoms with Crippen molar-refractivity contribution in [2.75, 3.05) is 5.43 Å². The van der Waals surface area contributed by atoms with Gasteiger partial charge in [-0.25, -0.2) is 5.43 Å². The maximum absolute atomic E-state index is 5.85. The van der Waals surface area contributed by atoms with Gasteiger partial charge in [0.25, 0.3) is 0 Å². The standard InChI is InChI=1S/C12H8ClN3O2/c13-9-1-2-10-11(5-9)18-12(15-10)16-14-6-8-3-4-17-7-8/h1-7H,(H,15,16). The third-order valence-electron chi connectivity index (χ3n) is 2.27. The second kappa shape index (κ2) is 4.54. The van der Waals surface area contributed by atoms with E-state index in [9.17, 15) is 0 Å². The molecule has 0 atom stereocenters. The Labute approximate surface area is 107 Å². The third kappa shape index (κ3) is 2.21. The van der Waals surface area contributed by atoms with Crippen LogP contribution in [-0.4, -0.2) is 11.2 Å². The Hall–Kier alpha value is -2.27. The van der Waals surface area contributed by atoms with E-state index in [0.29, 0.717) is 16.6 Å². The predicted octanol–water partition coefficient (Wildman–Crippen LogP) is 3.52. The van der Waals surface area contributed by atoms with E-state index in [1.54, 1.807) is 43.0 Å². The largest absolute Gasteiger partial charge is 0.472 e. The molecule has 2 heterocycles. The maximum Gasteiger partial charge on any atom is 0.316 e. The van der Waals surface area contributed by atoms with Crippen LogP contribution >= 0.6 is 11.6 Å². The van der Waals surface area contributed by atoms with E-state index in [-0.39, 0.29) is 0 Å². The highest BCUT2D eigenvalue weighted by Gasteiger charge is 2.04. The highest BCUT2D eigenvalue weighted by molar-refractivity contribution is 6.31. The van der Waals surface area contributed by atoms with E-state index in [1.807, 2.05) is 0 Å². The first-order chi connectivity index (χ1) is 8.81. The fraction of sp³-hybridized carbons (Fsp3) is 0. The van der Waals surface area contributed by atoms with Crippen molar-refractivity contribution in [3.8, 4) is 0 Å². The van der Waals surface area contributed by atoms with Crippen LogP contribution in [0, 0.1) is 0 Å². The number of aromatic nitrogens is 1. The van der Waals surface area contributed by atoms with Crippen molar-refractivity contribution in [2.24, 2.45) is 5.10 Å². The van der Waals surface area contributed by atoms with Crippen LogP contribution in [0.1, 0.15) is 5.56 Å². The lowest BCUT2D eigenvalue weighted by Gasteiger charge is -1.89. The molecule has 2 aromatic heterocycles. The molecule has 1 aromatic carbocycles. The number of anilines is 1. The molecule has 6 heteroatoms. The highest BCUT2D eigenvalue weighted by Crippen LogP contribution is 2.22. The average Bonchev–Trinajstić information content (AvgIpc) is 2.97. The van der Waals surface area contributed by atoms with E-state index >= 15 is 0 Å². The molecule has 3 rings (SSSR count). The molecule has 0 amide bonds. The summed E-state index contributed by atoms with van der Waals surface area (Å²) in [7, 11) is 0. The number of hydrogen-bond donors (Lipinski definition) is 1. The van der Waals surface area contributed by atoms with Crippen LogP contribution in [0.5, 0.6) is 0 Å². The zero-order valence-corrected chi connectivity index (χ0v) is 9.89. The van der Waals surface area contributed by atoms with Crippen LogP contribution in [0.4, 0.5) is 6.01 Å². The first-order valence-corrected chi connectivity index (χ1v) is 5.56. The van der Waals surface area contributed by atoms with Crippen molar-refractivity contribution in [1.82, 2.24) is 4.98 Å². The van der Waals surface area contributed by atoms with E-state index in [2.05, 4.69) is 15.5 Å². The first-order valence-electron chi connectivity index (χ1n) is 5.19. The van der Waals surface area contributed by atoms with E-state index in [1.165, 1.54) is 0 Å². The number of hydrazone groups is 1. The Bertz CT molecular complexity index is 688. The number of nitrogens with zero attached hydrogens (tertiary/aromatic N) is 2. The number of hydrogen-bond acceptors (Lipinski definition) is 5. The molecule has 1 N–H and O–H groups in total. The van der Waals surface area contributed by atoms with Gasteiger partial charge in [-0.3, -0.25) is 0 Å². The van der Waals surface area contributed by atoms with Crippen LogP contribution in [0.15, 0.2) is 50.7 Å². The van der Waals surface area contributed by atoms with Crippen LogP contribution in [0.25, 0.3) is 11.1 Å². The fourth-order valence-electron chi connectivity index (χ4n) is 1.46. The molecule has 0 aliphatic rings. The molecule has 0 aliphatic heterocycles. The minimum atomic E-state index is 0.312. The van der Waals surface area contributed by atoms with Gasteiger partial charge in [0, 0.05) is 16.7 Å². The lowest BCUT2D eigenvalue weighted by Crippen LogP contribution is -1.89. The Morgan fingerprint density at radius 3 is 3.11 bits per heavy atom. The molecule has 0 aliphatic carbocycles. The van der Waals surface area contributed by atoms with Gasteiger partial charge >= 0.3 is 6.01 Å². The number of benzene rings is 1. The molecule has 18 heavy (non-hydrogen) atoms. The fourth-order valence-corrected chi connectivity index (χ4v) is 1.62. The summed E-state index contributed by atoms with van der Waals surface area (Å²) in [6, 6.07) is 7.34. The molecule has 0 fully saturated rings. The second-order valence-corrected chi connectivity index (χ2v) is 3.99. The van der Waals surface area contributed by atoms with Crippen molar-refractivity contribution >= 4 is 34.9 Å². The Morgan fingerprint density at radius 1 is 1.33 bits per heavy atom. The van der Waals surface area contributed by atoms with Gasteiger partial charge in [0.15, 0.2) is 5.58 Å². The van der Waals surface area contributed by atoms with Gasteiger partial charge in [-0.05, 0) is 18.2 Å². The minimum absolute atomic E-state index is 0.312. The van der Waals surface area contributed by atoms with Crippen LogP contribution in [-0.2, 0) is 0 Å². The number of nitrogens with one attached hydrogen (secondary N) is 1. The summed E-state index contributed by atoms with van der Waals surface area (Å²) in [5, 5.41) is 4.58. The molecule has 0 bridgehead atoms. The summed E-state index contributed by atoms with van der Waals surface area (Å²) < 4.78 is 10.3. The van der Waals surface area contributed by atoms with Gasteiger partial charge in [-0.2, -0.15) is 10.1 Å². The SMILES string of the molecule is Clc1ccc2nc(NN=Cc3ccoc3)oc2c1. The zero-order valence-electron chi connectivity index (χ0n) is 9.13. The number of fused-ring (bicyclic) bond motifs is 1. The summed E-state index contributed by atoms with van der Waals surface area (Å²) in [6.07, 6.45) is 4.76. The van der Waals surface area contributed by atoms with Crippen molar-refractivity contribution < 1.29 is 8.83 Å². The Morgan fingerprint density at radius 2 is 2.28 bits per heavy atom. The van der Waals surface area contributed by atoms with Gasteiger partial charge in [-0.1, -0.05) is 11.6 Å². The molecular formula is C12H8ClN3O2. The van der Waals surface area contributed by atoms with Gasteiger partial charge in [0.1, 0.15) is 5.52 Å². The molecule has 90 valence electrons. The van der Waals surface area contributed by atoms with Crippen molar-refractivity contribution in [3.05, 3.63) is 47.4 Å². The molecule has 0 radical (unpaired) electrons. The first kappa shape index (κ1) is 10.9. The predicted molar refractivity (Wildman–Crippen MR) is 68.9 cm³/mol. The number of rotatable bonds is 3. The Kier molecular flexibility index (Phi) is 2.74. The van der Waals surface area contributed by atoms with Crippen LogP contribution < -0.4 is 5.43 Å². The number of halogens is 1. The monoisotopic (exact) mass is 261 g/mol. The molecule has 0 saturated carbocycles. The van der Waals surface area contributed by atoms with Gasteiger partial charge in [0.2, 0.25) is 0 Å². The summed E-state index contributed by atoms with van der Waals surface area (Å²) >= 11 is 5.85. The van der Waals surface area contributed by atoms with Crippen molar-refractivity contribution in [1.29, 1.82) is 0 Å². The smallest absolute Gasteiger partial charge is 0.316 e. The number of furan rings is 1. The topological polar surface area (TPSA) is 63.6 Å². The summed E-state index contributed by atoms with van der Waals surface area (Å²) in [4.78, 5) is 4.20. The van der Waals surface area contributed by atoms with E-state index in [0.717, 1.165) is 11.1 Å². The van der Waals surface area contributed by atoms with Crippen LogP contribution in [0.2, 0.25) is 5.02 Å². The summed E-state index contributed by atoms with van der Waals surface area (Å²) in [5.41, 5.74) is 4.88. The van der Waals surface area contributed by atoms with Crippen LogP contribution in [0.3, 0.4) is 0 Å². The molecule has 3 aromatic rings. The number of oxazole rings is 1. The second-order valence-electron chi connectivity index (χ2n) is 3.56. The minimum Gasteiger partial charge on any atom is -0.472 e. The highest BCUT2D eigenvalue weighted by atomic mass is 35.5. The Balaban J connectivity index is 1.79. The quantitative estimate of drug-likeness (QED) is 0.579. The molecule has 0 spiro atoms. The lowest BCUT2D eigenvalue weighted by molar-refractivity contribution is 0.567. The molecular weight excluding hydrogens is 254 g/mol. The normalized spacial score (nSPS) is 11.4. The zero-order chi connectivity index (χ0) is 12.4.